The smallest absolute Gasteiger partial charge is 0.169 e. The monoisotopic (exact) mass is 267 g/mol. The lowest BCUT2D eigenvalue weighted by atomic mass is 10.0. The van der Waals surface area contributed by atoms with Gasteiger partial charge in [-0.2, -0.15) is 0 Å². The Hall–Kier alpha value is -2.42. The summed E-state index contributed by atoms with van der Waals surface area (Å²) < 4.78 is 14.8. The number of halogens is 1. The summed E-state index contributed by atoms with van der Waals surface area (Å²) in [6.07, 6.45) is 2.14. The Morgan fingerprint density at radius 1 is 1.10 bits per heavy atom. The summed E-state index contributed by atoms with van der Waals surface area (Å²) in [4.78, 5) is 12.4. The third-order valence-electron chi connectivity index (χ3n) is 3.48. The maximum Gasteiger partial charge on any atom is 0.169 e. The Balaban J connectivity index is 1.95. The molecule has 2 nitrogen and oxygen atoms in total. The number of hydrogen-bond acceptors (Lipinski definition) is 1. The molecule has 3 heteroatoms. The van der Waals surface area contributed by atoms with E-state index in [-0.39, 0.29) is 18.0 Å². The Labute approximate surface area is 116 Å². The summed E-state index contributed by atoms with van der Waals surface area (Å²) in [6, 6.07) is 13.9. The first-order valence-corrected chi connectivity index (χ1v) is 6.47. The Kier molecular flexibility index (Phi) is 3.11. The zero-order valence-corrected chi connectivity index (χ0v) is 11.1. The van der Waals surface area contributed by atoms with Crippen LogP contribution in [0.2, 0.25) is 0 Å². The van der Waals surface area contributed by atoms with Crippen LogP contribution in [0.25, 0.3) is 10.9 Å². The van der Waals surface area contributed by atoms with E-state index in [4.69, 9.17) is 0 Å². The van der Waals surface area contributed by atoms with E-state index in [0.717, 1.165) is 16.5 Å². The van der Waals surface area contributed by atoms with E-state index in [2.05, 4.69) is 0 Å². The minimum atomic E-state index is -0.286. The fourth-order valence-corrected chi connectivity index (χ4v) is 2.45. The lowest BCUT2D eigenvalue weighted by molar-refractivity contribution is 0.0994. The molecule has 0 N–H and O–H groups in total. The fraction of sp³-hybridized carbons (Fsp3) is 0.118. The van der Waals surface area contributed by atoms with E-state index in [1.54, 1.807) is 12.1 Å². The van der Waals surface area contributed by atoms with Crippen molar-refractivity contribution in [2.75, 3.05) is 0 Å². The van der Waals surface area contributed by atoms with Gasteiger partial charge in [0, 0.05) is 36.1 Å². The molecule has 1 heterocycles. The summed E-state index contributed by atoms with van der Waals surface area (Å²) in [5, 5.41) is 0.960. The van der Waals surface area contributed by atoms with Crippen LogP contribution in [0.1, 0.15) is 15.9 Å². The number of aromatic nitrogens is 1. The number of para-hydroxylation sites is 1. The number of benzene rings is 2. The maximum absolute atomic E-state index is 12.9. The first kappa shape index (κ1) is 12.6. The SMILES string of the molecule is Cn1cc(C(=O)Cc2ccc(F)cc2)c2ccccc21. The van der Waals surface area contributed by atoms with Gasteiger partial charge in [0.2, 0.25) is 0 Å². The molecule has 100 valence electrons. The first-order chi connectivity index (χ1) is 9.65. The number of aryl methyl sites for hydroxylation is 1. The molecule has 2 aromatic carbocycles. The van der Waals surface area contributed by atoms with Crippen molar-refractivity contribution in [1.29, 1.82) is 0 Å². The van der Waals surface area contributed by atoms with Crippen molar-refractivity contribution in [2.45, 2.75) is 6.42 Å². The molecule has 20 heavy (non-hydrogen) atoms. The van der Waals surface area contributed by atoms with Crippen molar-refractivity contribution >= 4 is 16.7 Å². The summed E-state index contributed by atoms with van der Waals surface area (Å²) in [5.74, 6) is -0.236. The van der Waals surface area contributed by atoms with Crippen LogP contribution < -0.4 is 0 Å². The number of ketones is 1. The Morgan fingerprint density at radius 3 is 2.55 bits per heavy atom. The zero-order valence-electron chi connectivity index (χ0n) is 11.1. The topological polar surface area (TPSA) is 22.0 Å². The number of Topliss-reactive ketones (excluding diaryl/α,β-unsaturated/α-hetero) is 1. The van der Waals surface area contributed by atoms with Gasteiger partial charge in [0.05, 0.1) is 0 Å². The molecule has 0 radical (unpaired) electrons. The highest BCUT2D eigenvalue weighted by atomic mass is 19.1. The molecule has 0 atom stereocenters. The zero-order chi connectivity index (χ0) is 14.1. The number of carbonyl (C=O) groups excluding carboxylic acids is 1. The predicted molar refractivity (Wildman–Crippen MR) is 77.4 cm³/mol. The van der Waals surface area contributed by atoms with Crippen molar-refractivity contribution in [1.82, 2.24) is 4.57 Å². The van der Waals surface area contributed by atoms with Gasteiger partial charge in [0.25, 0.3) is 0 Å². The molecular weight excluding hydrogens is 253 g/mol. The molecular formula is C17H14FNO. The highest BCUT2D eigenvalue weighted by Crippen LogP contribution is 2.21. The molecule has 0 bridgehead atoms. The first-order valence-electron chi connectivity index (χ1n) is 6.47. The average molecular weight is 267 g/mol. The van der Waals surface area contributed by atoms with Gasteiger partial charge in [-0.25, -0.2) is 4.39 Å². The fourth-order valence-electron chi connectivity index (χ4n) is 2.45. The number of fused-ring (bicyclic) bond motifs is 1. The standard InChI is InChI=1S/C17H14FNO/c1-19-11-15(14-4-2-3-5-16(14)19)17(20)10-12-6-8-13(18)9-7-12/h2-9,11H,10H2,1H3. The van der Waals surface area contributed by atoms with Crippen molar-refractivity contribution in [3.05, 3.63) is 71.7 Å². The predicted octanol–water partition coefficient (Wildman–Crippen LogP) is 3.74. The molecule has 0 fully saturated rings. The highest BCUT2D eigenvalue weighted by molar-refractivity contribution is 6.08. The Morgan fingerprint density at radius 2 is 1.80 bits per heavy atom. The van der Waals surface area contributed by atoms with Crippen LogP contribution in [-0.4, -0.2) is 10.4 Å². The van der Waals surface area contributed by atoms with Crippen LogP contribution in [0.3, 0.4) is 0 Å². The molecule has 0 spiro atoms. The summed E-state index contributed by atoms with van der Waals surface area (Å²) >= 11 is 0. The maximum atomic E-state index is 12.9. The molecule has 1 aromatic heterocycles. The second-order valence-corrected chi connectivity index (χ2v) is 4.90. The van der Waals surface area contributed by atoms with Gasteiger partial charge in [-0.15, -0.1) is 0 Å². The second-order valence-electron chi connectivity index (χ2n) is 4.90. The van der Waals surface area contributed by atoms with Crippen LogP contribution in [0.5, 0.6) is 0 Å². The minimum Gasteiger partial charge on any atom is -0.350 e. The van der Waals surface area contributed by atoms with E-state index < -0.39 is 0 Å². The molecule has 0 aliphatic heterocycles. The van der Waals surface area contributed by atoms with E-state index >= 15 is 0 Å². The van der Waals surface area contributed by atoms with E-state index in [1.807, 2.05) is 42.1 Å². The van der Waals surface area contributed by atoms with Gasteiger partial charge in [-0.3, -0.25) is 4.79 Å². The van der Waals surface area contributed by atoms with E-state index in [0.29, 0.717) is 5.56 Å². The van der Waals surface area contributed by atoms with Crippen LogP contribution in [0.4, 0.5) is 4.39 Å². The highest BCUT2D eigenvalue weighted by Gasteiger charge is 2.13. The number of carbonyl (C=O) groups is 1. The summed E-state index contributed by atoms with van der Waals surface area (Å²) in [7, 11) is 1.93. The van der Waals surface area contributed by atoms with Crippen LogP contribution in [0.15, 0.2) is 54.7 Å². The molecule has 0 unspecified atom stereocenters. The van der Waals surface area contributed by atoms with Crippen molar-refractivity contribution in [3.63, 3.8) is 0 Å². The van der Waals surface area contributed by atoms with Crippen molar-refractivity contribution < 1.29 is 9.18 Å². The molecule has 3 aromatic rings. The van der Waals surface area contributed by atoms with Gasteiger partial charge in [-0.05, 0) is 23.8 Å². The molecule has 3 rings (SSSR count). The van der Waals surface area contributed by atoms with Crippen molar-refractivity contribution in [3.8, 4) is 0 Å². The number of hydrogen-bond donors (Lipinski definition) is 0. The van der Waals surface area contributed by atoms with E-state index in [9.17, 15) is 9.18 Å². The molecule has 0 amide bonds. The largest absolute Gasteiger partial charge is 0.350 e. The molecule has 0 saturated carbocycles. The Bertz CT molecular complexity index is 771. The number of rotatable bonds is 3. The minimum absolute atomic E-state index is 0.0495. The van der Waals surface area contributed by atoms with Crippen LogP contribution >= 0.6 is 0 Å². The van der Waals surface area contributed by atoms with E-state index in [1.165, 1.54) is 12.1 Å². The normalized spacial score (nSPS) is 10.9. The van der Waals surface area contributed by atoms with Gasteiger partial charge < -0.3 is 4.57 Å². The lowest BCUT2D eigenvalue weighted by Crippen LogP contribution is -2.03. The third kappa shape index (κ3) is 2.23. The number of nitrogens with zero attached hydrogens (tertiary/aromatic N) is 1. The molecule has 0 aliphatic rings. The van der Waals surface area contributed by atoms with Gasteiger partial charge in [0.15, 0.2) is 5.78 Å². The van der Waals surface area contributed by atoms with Crippen LogP contribution in [0, 0.1) is 5.82 Å². The van der Waals surface area contributed by atoms with Gasteiger partial charge >= 0.3 is 0 Å². The summed E-state index contributed by atoms with van der Waals surface area (Å²) in [6.45, 7) is 0. The van der Waals surface area contributed by atoms with Crippen LogP contribution in [-0.2, 0) is 13.5 Å². The quantitative estimate of drug-likeness (QED) is 0.662. The summed E-state index contributed by atoms with van der Waals surface area (Å²) in [5.41, 5.74) is 2.58. The van der Waals surface area contributed by atoms with Gasteiger partial charge in [0.1, 0.15) is 5.82 Å². The average Bonchev–Trinajstić information content (AvgIpc) is 2.79. The lowest BCUT2D eigenvalue weighted by Gasteiger charge is -2.00. The third-order valence-corrected chi connectivity index (χ3v) is 3.48. The molecule has 0 aliphatic carbocycles. The van der Waals surface area contributed by atoms with Gasteiger partial charge in [-0.1, -0.05) is 30.3 Å². The van der Waals surface area contributed by atoms with Crippen molar-refractivity contribution in [2.24, 2.45) is 7.05 Å². The second kappa shape index (κ2) is 4.93. The molecule has 0 saturated heterocycles.